The minimum absolute atomic E-state index is 0.0809. The van der Waals surface area contributed by atoms with Crippen LogP contribution in [0.2, 0.25) is 0 Å². The Labute approximate surface area is 166 Å². The number of aromatic hydroxyl groups is 1. The maximum absolute atomic E-state index is 12.4. The van der Waals surface area contributed by atoms with E-state index in [1.54, 1.807) is 37.4 Å². The molecule has 4 aromatic rings. The molecule has 3 aromatic carbocycles. The highest BCUT2D eigenvalue weighted by Gasteiger charge is 2.16. The zero-order chi connectivity index (χ0) is 20.2. The second-order valence-electron chi connectivity index (χ2n) is 6.29. The molecule has 0 bridgehead atoms. The number of hydrogen-bond donors (Lipinski definition) is 3. The number of fused-ring (bicyclic) bond motifs is 1. The first kappa shape index (κ1) is 18.2. The van der Waals surface area contributed by atoms with E-state index in [0.717, 1.165) is 16.3 Å². The van der Waals surface area contributed by atoms with Crippen LogP contribution in [-0.4, -0.2) is 34.5 Å². The maximum atomic E-state index is 12.4. The van der Waals surface area contributed by atoms with E-state index in [2.05, 4.69) is 20.7 Å². The van der Waals surface area contributed by atoms with E-state index < -0.39 is 5.91 Å². The molecule has 0 saturated heterocycles. The summed E-state index contributed by atoms with van der Waals surface area (Å²) in [7, 11) is 1.60. The highest BCUT2D eigenvalue weighted by molar-refractivity contribution is 6.00. The fraction of sp³-hybridized carbons (Fsp3) is 0.0455. The topological polar surface area (TPSA) is 99.6 Å². The van der Waals surface area contributed by atoms with Crippen molar-refractivity contribution in [3.63, 3.8) is 0 Å². The van der Waals surface area contributed by atoms with Crippen molar-refractivity contribution >= 4 is 22.9 Å². The zero-order valence-electron chi connectivity index (χ0n) is 15.6. The van der Waals surface area contributed by atoms with E-state index in [-0.39, 0.29) is 11.4 Å². The first-order valence-corrected chi connectivity index (χ1v) is 8.90. The molecule has 1 heterocycles. The van der Waals surface area contributed by atoms with Crippen molar-refractivity contribution < 1.29 is 14.6 Å². The molecule has 1 aromatic heterocycles. The molecule has 29 heavy (non-hydrogen) atoms. The number of H-pyrrole nitrogens is 1. The van der Waals surface area contributed by atoms with E-state index in [1.165, 1.54) is 6.21 Å². The van der Waals surface area contributed by atoms with Gasteiger partial charge in [0.2, 0.25) is 0 Å². The largest absolute Gasteiger partial charge is 0.507 e. The van der Waals surface area contributed by atoms with Gasteiger partial charge in [-0.05, 0) is 35.0 Å². The SMILES string of the molecule is COc1ccc2ccccc2c1-c1cc(C(=O)N/N=C/c2ccccc2O)[nH]n1. The van der Waals surface area contributed by atoms with Crippen LogP contribution in [-0.2, 0) is 0 Å². The van der Waals surface area contributed by atoms with Gasteiger partial charge in [-0.25, -0.2) is 5.43 Å². The smallest absolute Gasteiger partial charge is 0.289 e. The number of aromatic nitrogens is 2. The van der Waals surface area contributed by atoms with Crippen LogP contribution in [0.1, 0.15) is 16.1 Å². The normalized spacial score (nSPS) is 11.1. The molecule has 0 saturated carbocycles. The lowest BCUT2D eigenvalue weighted by atomic mass is 10.0. The zero-order valence-corrected chi connectivity index (χ0v) is 15.6. The fourth-order valence-electron chi connectivity index (χ4n) is 3.07. The molecular formula is C22H18N4O3. The van der Waals surface area contributed by atoms with E-state index in [9.17, 15) is 9.90 Å². The molecule has 0 spiro atoms. The Morgan fingerprint density at radius 1 is 1.14 bits per heavy atom. The molecule has 3 N–H and O–H groups in total. The number of rotatable bonds is 5. The van der Waals surface area contributed by atoms with Crippen molar-refractivity contribution in [2.75, 3.05) is 7.11 Å². The maximum Gasteiger partial charge on any atom is 0.289 e. The predicted octanol–water partition coefficient (Wildman–Crippen LogP) is 3.71. The Morgan fingerprint density at radius 2 is 1.93 bits per heavy atom. The number of methoxy groups -OCH3 is 1. The van der Waals surface area contributed by atoms with Crippen LogP contribution in [0.25, 0.3) is 22.0 Å². The summed E-state index contributed by atoms with van der Waals surface area (Å²) < 4.78 is 5.50. The number of aromatic amines is 1. The van der Waals surface area contributed by atoms with Gasteiger partial charge in [-0.2, -0.15) is 10.2 Å². The van der Waals surface area contributed by atoms with Crippen molar-refractivity contribution in [2.24, 2.45) is 5.10 Å². The average Bonchev–Trinajstić information content (AvgIpc) is 3.24. The summed E-state index contributed by atoms with van der Waals surface area (Å²) in [5.74, 6) is 0.298. The standard InChI is InChI=1S/C22H18N4O3/c1-29-20-11-10-14-6-2-4-8-16(14)21(20)17-12-18(25-24-17)22(28)26-23-13-15-7-3-5-9-19(15)27/h2-13,27H,1H3,(H,24,25)(H,26,28)/b23-13+. The van der Waals surface area contributed by atoms with E-state index in [4.69, 9.17) is 4.74 Å². The van der Waals surface area contributed by atoms with Crippen LogP contribution in [0.15, 0.2) is 71.8 Å². The summed E-state index contributed by atoms with van der Waals surface area (Å²) >= 11 is 0. The van der Waals surface area contributed by atoms with Crippen LogP contribution in [0.5, 0.6) is 11.5 Å². The highest BCUT2D eigenvalue weighted by Crippen LogP contribution is 2.36. The number of carbonyl (C=O) groups excluding carboxylic acids is 1. The first-order valence-electron chi connectivity index (χ1n) is 8.90. The van der Waals surface area contributed by atoms with Crippen LogP contribution in [0, 0.1) is 0 Å². The van der Waals surface area contributed by atoms with Crippen molar-refractivity contribution in [2.45, 2.75) is 0 Å². The fourth-order valence-corrected chi connectivity index (χ4v) is 3.07. The van der Waals surface area contributed by atoms with Crippen LogP contribution in [0.3, 0.4) is 0 Å². The minimum Gasteiger partial charge on any atom is -0.507 e. The van der Waals surface area contributed by atoms with Gasteiger partial charge in [0.15, 0.2) is 0 Å². The second-order valence-corrected chi connectivity index (χ2v) is 6.29. The van der Waals surface area contributed by atoms with Crippen molar-refractivity contribution in [1.82, 2.24) is 15.6 Å². The molecule has 0 unspecified atom stereocenters. The molecule has 0 fully saturated rings. The van der Waals surface area contributed by atoms with E-state index in [0.29, 0.717) is 17.0 Å². The number of nitrogens with zero attached hydrogens (tertiary/aromatic N) is 2. The third kappa shape index (κ3) is 3.66. The monoisotopic (exact) mass is 386 g/mol. The van der Waals surface area contributed by atoms with Crippen molar-refractivity contribution in [3.05, 3.63) is 78.0 Å². The quantitative estimate of drug-likeness (QED) is 0.360. The van der Waals surface area contributed by atoms with Gasteiger partial charge in [-0.15, -0.1) is 0 Å². The lowest BCUT2D eigenvalue weighted by molar-refractivity contribution is 0.0950. The number of phenolic OH excluding ortho intramolecular Hbond substituents is 1. The van der Waals surface area contributed by atoms with Gasteiger partial charge >= 0.3 is 0 Å². The molecule has 4 rings (SSSR count). The Kier molecular flexibility index (Phi) is 4.94. The summed E-state index contributed by atoms with van der Waals surface area (Å²) in [5.41, 5.74) is 4.57. The molecule has 144 valence electrons. The van der Waals surface area contributed by atoms with Crippen LogP contribution in [0.4, 0.5) is 0 Å². The third-order valence-electron chi connectivity index (χ3n) is 4.50. The molecule has 0 aliphatic rings. The number of ether oxygens (including phenoxy) is 1. The molecule has 0 radical (unpaired) electrons. The summed E-state index contributed by atoms with van der Waals surface area (Å²) in [6.45, 7) is 0. The van der Waals surface area contributed by atoms with Gasteiger partial charge in [0, 0.05) is 5.56 Å². The van der Waals surface area contributed by atoms with E-state index in [1.807, 2.05) is 36.4 Å². The number of nitrogens with one attached hydrogen (secondary N) is 2. The number of hydrazone groups is 1. The van der Waals surface area contributed by atoms with Gasteiger partial charge in [0.25, 0.3) is 5.91 Å². The lowest BCUT2D eigenvalue weighted by Crippen LogP contribution is -2.18. The van der Waals surface area contributed by atoms with Crippen LogP contribution >= 0.6 is 0 Å². The predicted molar refractivity (Wildman–Crippen MR) is 111 cm³/mol. The average molecular weight is 386 g/mol. The highest BCUT2D eigenvalue weighted by atomic mass is 16.5. The molecule has 0 atom stereocenters. The first-order chi connectivity index (χ1) is 14.2. The van der Waals surface area contributed by atoms with Gasteiger partial charge in [-0.1, -0.05) is 42.5 Å². The number of para-hydroxylation sites is 1. The molecule has 1 amide bonds. The van der Waals surface area contributed by atoms with Crippen LogP contribution < -0.4 is 10.2 Å². The van der Waals surface area contributed by atoms with Gasteiger partial charge in [0.1, 0.15) is 17.2 Å². The van der Waals surface area contributed by atoms with Gasteiger partial charge < -0.3 is 9.84 Å². The summed E-state index contributed by atoms with van der Waals surface area (Å²) in [6.07, 6.45) is 1.37. The number of phenols is 1. The second kappa shape index (κ2) is 7.85. The number of benzene rings is 3. The Balaban J connectivity index is 1.60. The summed E-state index contributed by atoms with van der Waals surface area (Å²) in [4.78, 5) is 12.4. The van der Waals surface area contributed by atoms with E-state index >= 15 is 0 Å². The molecule has 0 aliphatic carbocycles. The molecule has 0 aliphatic heterocycles. The lowest BCUT2D eigenvalue weighted by Gasteiger charge is -2.09. The Bertz CT molecular complexity index is 1210. The number of amides is 1. The van der Waals surface area contributed by atoms with Gasteiger partial charge in [0.05, 0.1) is 24.6 Å². The summed E-state index contributed by atoms with van der Waals surface area (Å²) in [5, 5.41) is 22.7. The molecule has 7 heteroatoms. The van der Waals surface area contributed by atoms with Crippen molar-refractivity contribution in [1.29, 1.82) is 0 Å². The van der Waals surface area contributed by atoms with Crippen molar-refractivity contribution in [3.8, 4) is 22.8 Å². The Hall–Kier alpha value is -4.13. The number of carbonyl (C=O) groups is 1. The summed E-state index contributed by atoms with van der Waals surface area (Å²) in [6, 6.07) is 20.1. The number of hydrogen-bond acceptors (Lipinski definition) is 5. The minimum atomic E-state index is -0.449. The molecular weight excluding hydrogens is 368 g/mol. The van der Waals surface area contributed by atoms with Gasteiger partial charge in [-0.3, -0.25) is 9.89 Å². The third-order valence-corrected chi connectivity index (χ3v) is 4.50. The Morgan fingerprint density at radius 3 is 2.76 bits per heavy atom. The molecule has 7 nitrogen and oxygen atoms in total.